The van der Waals surface area contributed by atoms with Crippen LogP contribution in [0.25, 0.3) is 0 Å². The lowest BCUT2D eigenvalue weighted by Crippen LogP contribution is -2.26. The van der Waals surface area contributed by atoms with Crippen molar-refractivity contribution in [3.05, 3.63) is 53.6 Å². The minimum absolute atomic E-state index is 0.0288. The Balaban J connectivity index is 1.52. The first-order valence-corrected chi connectivity index (χ1v) is 10.7. The number of fused-ring (bicyclic) bond motifs is 1. The summed E-state index contributed by atoms with van der Waals surface area (Å²) in [6.07, 6.45) is 3.82. The molecule has 7 heteroatoms. The van der Waals surface area contributed by atoms with Gasteiger partial charge in [0.05, 0.1) is 4.90 Å². The van der Waals surface area contributed by atoms with Gasteiger partial charge in [-0.2, -0.15) is 0 Å². The van der Waals surface area contributed by atoms with Gasteiger partial charge in [-0.05, 0) is 67.6 Å². The molecule has 0 saturated heterocycles. The molecule has 1 heterocycles. The van der Waals surface area contributed by atoms with Crippen LogP contribution in [0.5, 0.6) is 0 Å². The summed E-state index contributed by atoms with van der Waals surface area (Å²) in [5, 5.41) is 2.88. The van der Waals surface area contributed by atoms with Gasteiger partial charge in [-0.1, -0.05) is 6.07 Å². The number of nitrogens with zero attached hydrogens (tertiary/aromatic N) is 1. The normalized spacial score (nSPS) is 16.7. The fourth-order valence-electron chi connectivity index (χ4n) is 3.36. The van der Waals surface area contributed by atoms with Gasteiger partial charge < -0.3 is 10.2 Å². The van der Waals surface area contributed by atoms with Crippen molar-refractivity contribution in [1.82, 2.24) is 4.72 Å². The quantitative estimate of drug-likeness (QED) is 0.830. The van der Waals surface area contributed by atoms with Gasteiger partial charge in [0.2, 0.25) is 10.0 Å². The summed E-state index contributed by atoms with van der Waals surface area (Å²) in [6.45, 7) is 1.04. The van der Waals surface area contributed by atoms with Crippen LogP contribution in [0.15, 0.2) is 47.4 Å². The number of benzene rings is 2. The highest BCUT2D eigenvalue weighted by atomic mass is 32.2. The fraction of sp³-hybridized carbons (Fsp3) is 0.350. The first-order valence-electron chi connectivity index (χ1n) is 9.20. The summed E-state index contributed by atoms with van der Waals surface area (Å²) in [7, 11) is -1.51. The number of hydrogen-bond acceptors (Lipinski definition) is 4. The number of aryl methyl sites for hydroxylation is 1. The first kappa shape index (κ1) is 18.0. The standard InChI is InChI=1S/C20H23N3O3S/c1-23-11-3-5-14-12-17(9-10-19(14)23)21-20(24)15-4-2-6-18(13-15)27(25,26)22-16-7-8-16/h2,4,6,9-10,12-13,16,22H,3,5,7-8,11H2,1H3,(H,21,24). The lowest BCUT2D eigenvalue weighted by atomic mass is 10.0. The van der Waals surface area contributed by atoms with Gasteiger partial charge in [0, 0.05) is 36.6 Å². The first-order chi connectivity index (χ1) is 12.9. The highest BCUT2D eigenvalue weighted by Gasteiger charge is 2.28. The summed E-state index contributed by atoms with van der Waals surface area (Å²) in [6, 6.07) is 12.1. The second-order valence-corrected chi connectivity index (χ2v) is 8.96. The van der Waals surface area contributed by atoms with Crippen LogP contribution in [-0.4, -0.2) is 34.0 Å². The molecule has 1 aliphatic carbocycles. The van der Waals surface area contributed by atoms with Crippen molar-refractivity contribution >= 4 is 27.3 Å². The van der Waals surface area contributed by atoms with Crippen LogP contribution in [0.4, 0.5) is 11.4 Å². The lowest BCUT2D eigenvalue weighted by Gasteiger charge is -2.27. The summed E-state index contributed by atoms with van der Waals surface area (Å²) in [5.41, 5.74) is 3.45. The summed E-state index contributed by atoms with van der Waals surface area (Å²) >= 11 is 0. The smallest absolute Gasteiger partial charge is 0.255 e. The van der Waals surface area contributed by atoms with Crippen molar-refractivity contribution in [1.29, 1.82) is 0 Å². The van der Waals surface area contributed by atoms with E-state index >= 15 is 0 Å². The molecule has 0 radical (unpaired) electrons. The van der Waals surface area contributed by atoms with Gasteiger partial charge in [0.15, 0.2) is 0 Å². The Morgan fingerprint density at radius 2 is 1.96 bits per heavy atom. The van der Waals surface area contributed by atoms with E-state index in [9.17, 15) is 13.2 Å². The van der Waals surface area contributed by atoms with Crippen LogP contribution < -0.4 is 14.9 Å². The molecule has 27 heavy (non-hydrogen) atoms. The number of sulfonamides is 1. The minimum atomic E-state index is -3.58. The number of carbonyl (C=O) groups is 1. The van der Waals surface area contributed by atoms with E-state index in [4.69, 9.17) is 0 Å². The zero-order chi connectivity index (χ0) is 19.0. The average molecular weight is 385 g/mol. The van der Waals surface area contributed by atoms with Gasteiger partial charge in [-0.25, -0.2) is 13.1 Å². The summed E-state index contributed by atoms with van der Waals surface area (Å²) in [5.74, 6) is -0.317. The molecule has 2 aromatic rings. The molecule has 1 aliphatic heterocycles. The van der Waals surface area contributed by atoms with E-state index in [0.29, 0.717) is 5.56 Å². The van der Waals surface area contributed by atoms with Crippen LogP contribution >= 0.6 is 0 Å². The highest BCUT2D eigenvalue weighted by Crippen LogP contribution is 2.29. The molecule has 0 atom stereocenters. The predicted octanol–water partition coefficient (Wildman–Crippen LogP) is 2.76. The maximum Gasteiger partial charge on any atom is 0.255 e. The maximum atomic E-state index is 12.6. The molecular formula is C20H23N3O3S. The maximum absolute atomic E-state index is 12.6. The Hall–Kier alpha value is -2.38. The highest BCUT2D eigenvalue weighted by molar-refractivity contribution is 7.89. The molecule has 2 aromatic carbocycles. The van der Waals surface area contributed by atoms with Crippen molar-refractivity contribution in [3.63, 3.8) is 0 Å². The van der Waals surface area contributed by atoms with E-state index in [1.165, 1.54) is 23.4 Å². The molecule has 2 N–H and O–H groups in total. The molecule has 1 amide bonds. The van der Waals surface area contributed by atoms with Crippen molar-refractivity contribution in [2.75, 3.05) is 23.8 Å². The van der Waals surface area contributed by atoms with Crippen molar-refractivity contribution in [2.45, 2.75) is 36.6 Å². The van der Waals surface area contributed by atoms with E-state index in [2.05, 4.69) is 22.0 Å². The second-order valence-electron chi connectivity index (χ2n) is 7.25. The third-order valence-electron chi connectivity index (χ3n) is 4.99. The number of carbonyl (C=O) groups excluding carboxylic acids is 1. The van der Waals surface area contributed by atoms with Crippen LogP contribution in [0.1, 0.15) is 35.2 Å². The Morgan fingerprint density at radius 3 is 2.74 bits per heavy atom. The van der Waals surface area contributed by atoms with E-state index in [-0.39, 0.29) is 16.8 Å². The average Bonchev–Trinajstić information content (AvgIpc) is 3.45. The monoisotopic (exact) mass is 385 g/mol. The van der Waals surface area contributed by atoms with Gasteiger partial charge >= 0.3 is 0 Å². The van der Waals surface area contributed by atoms with E-state index in [1.54, 1.807) is 12.1 Å². The minimum Gasteiger partial charge on any atom is -0.374 e. The third-order valence-corrected chi connectivity index (χ3v) is 6.51. The van der Waals surface area contributed by atoms with Crippen molar-refractivity contribution in [3.8, 4) is 0 Å². The van der Waals surface area contributed by atoms with Crippen LogP contribution in [0, 0.1) is 0 Å². The molecule has 0 unspecified atom stereocenters. The molecule has 6 nitrogen and oxygen atoms in total. The van der Waals surface area contributed by atoms with Crippen LogP contribution in [-0.2, 0) is 16.4 Å². The zero-order valence-electron chi connectivity index (χ0n) is 15.2. The molecule has 2 aliphatic rings. The number of amides is 1. The number of anilines is 2. The number of nitrogens with one attached hydrogen (secondary N) is 2. The van der Waals surface area contributed by atoms with E-state index < -0.39 is 10.0 Å². The van der Waals surface area contributed by atoms with Gasteiger partial charge in [-0.15, -0.1) is 0 Å². The molecule has 142 valence electrons. The molecule has 0 spiro atoms. The molecule has 1 saturated carbocycles. The van der Waals surface area contributed by atoms with E-state index in [0.717, 1.165) is 37.9 Å². The SMILES string of the molecule is CN1CCCc2cc(NC(=O)c3cccc(S(=O)(=O)NC4CC4)c3)ccc21. The Bertz CT molecular complexity index is 984. The number of hydrogen-bond donors (Lipinski definition) is 2. The Labute approximate surface area is 159 Å². The molecule has 4 rings (SSSR count). The Morgan fingerprint density at radius 1 is 1.15 bits per heavy atom. The second kappa shape index (κ2) is 6.98. The van der Waals surface area contributed by atoms with Gasteiger partial charge in [-0.3, -0.25) is 4.79 Å². The molecule has 1 fully saturated rings. The topological polar surface area (TPSA) is 78.5 Å². The van der Waals surface area contributed by atoms with Crippen molar-refractivity contribution < 1.29 is 13.2 Å². The predicted molar refractivity (Wildman–Crippen MR) is 106 cm³/mol. The fourth-order valence-corrected chi connectivity index (χ4v) is 4.71. The Kier molecular flexibility index (Phi) is 4.65. The van der Waals surface area contributed by atoms with E-state index in [1.807, 2.05) is 18.2 Å². The van der Waals surface area contributed by atoms with Gasteiger partial charge in [0.1, 0.15) is 0 Å². The zero-order valence-corrected chi connectivity index (χ0v) is 16.1. The third kappa shape index (κ3) is 3.99. The van der Waals surface area contributed by atoms with Gasteiger partial charge in [0.25, 0.3) is 5.91 Å². The van der Waals surface area contributed by atoms with Crippen molar-refractivity contribution in [2.24, 2.45) is 0 Å². The summed E-state index contributed by atoms with van der Waals surface area (Å²) < 4.78 is 27.4. The lowest BCUT2D eigenvalue weighted by molar-refractivity contribution is 0.102. The molecular weight excluding hydrogens is 362 g/mol. The number of rotatable bonds is 5. The van der Waals surface area contributed by atoms with Crippen LogP contribution in [0.3, 0.4) is 0 Å². The molecule has 0 aromatic heterocycles. The summed E-state index contributed by atoms with van der Waals surface area (Å²) in [4.78, 5) is 15.0. The molecule has 0 bridgehead atoms. The van der Waals surface area contributed by atoms with Crippen LogP contribution in [0.2, 0.25) is 0 Å². The largest absolute Gasteiger partial charge is 0.374 e.